The summed E-state index contributed by atoms with van der Waals surface area (Å²) < 4.78 is 2.02. The summed E-state index contributed by atoms with van der Waals surface area (Å²) in [5.74, 6) is 0. The second-order valence-corrected chi connectivity index (χ2v) is 17.2. The number of nitrogens with zero attached hydrogens (tertiary/aromatic N) is 1. The summed E-state index contributed by atoms with van der Waals surface area (Å²) in [6, 6.07) is 66.4. The Balaban J connectivity index is 1.06. The molecule has 0 amide bonds. The maximum atomic E-state index is 15.1. The molecule has 9 aromatic carbocycles. The van der Waals surface area contributed by atoms with Gasteiger partial charge in [0.2, 0.25) is 0 Å². The van der Waals surface area contributed by atoms with Crippen LogP contribution < -0.4 is 16.3 Å². The van der Waals surface area contributed by atoms with E-state index in [9.17, 15) is 0 Å². The molecule has 0 N–H and O–H groups in total. The Morgan fingerprint density at radius 2 is 0.448 bits per heavy atom. The van der Waals surface area contributed by atoms with Gasteiger partial charge in [-0.2, -0.15) is 0 Å². The van der Waals surface area contributed by atoms with E-state index in [-0.39, 0.29) is 16.3 Å². The zero-order valence-electron chi connectivity index (χ0n) is 36.2. The lowest BCUT2D eigenvalue weighted by Gasteiger charge is -2.20. The molecule has 4 nitrogen and oxygen atoms in total. The average molecular weight is 858 g/mol. The molecule has 0 atom stereocenters. The van der Waals surface area contributed by atoms with E-state index in [1.54, 1.807) is 0 Å². The predicted octanol–water partition coefficient (Wildman–Crippen LogP) is 14.5. The van der Waals surface area contributed by atoms with Crippen LogP contribution in [0.2, 0.25) is 0 Å². The molecule has 0 aliphatic carbocycles. The summed E-state index contributed by atoms with van der Waals surface area (Å²) in [6.45, 7) is 0. The zero-order valence-corrected chi connectivity index (χ0v) is 36.2. The standard InChI is InChI=1S/C63H39NO3/c65-61-52-34-49(46-28-22-43(23-29-46)19-16-40-10-4-1-5-11-40)35-53-58(52)64-59-54(61)36-50(47-30-24-44(25-31-47)20-17-41-12-6-2-7-13-41)38-56(59)63(67)57-39-51(37-55(60(57)64)62(53)66)48-32-26-45(27-33-48)21-18-42-14-8-3-9-15-42/h1-39H/b19-16+,20-17+,21-18+. The molecule has 67 heavy (non-hydrogen) atoms. The van der Waals surface area contributed by atoms with Gasteiger partial charge in [-0.05, 0) is 103 Å². The SMILES string of the molecule is O=c1c2cc(-c3ccc(/C=C/c4ccccc4)cc3)cc3c(=O)c4cc(-c5ccc(/C=C/c6ccccc6)cc5)cc5c(=O)c6cc(-c7ccc(/C=C/c8ccccc8)cc7)cc1c6n(c23)c45. The van der Waals surface area contributed by atoms with Crippen molar-refractivity contribution in [3.8, 4) is 33.4 Å². The third-order valence-electron chi connectivity index (χ3n) is 13.0. The van der Waals surface area contributed by atoms with E-state index in [0.717, 1.165) is 66.8 Å². The summed E-state index contributed by atoms with van der Waals surface area (Å²) in [7, 11) is 0. The molecule has 0 spiro atoms. The number of aromatic nitrogens is 1. The molecule has 0 bridgehead atoms. The van der Waals surface area contributed by atoms with Gasteiger partial charge in [-0.25, -0.2) is 0 Å². The van der Waals surface area contributed by atoms with Crippen LogP contribution in [0.3, 0.4) is 0 Å². The van der Waals surface area contributed by atoms with E-state index < -0.39 is 0 Å². The van der Waals surface area contributed by atoms with E-state index in [2.05, 4.69) is 72.9 Å². The Morgan fingerprint density at radius 3 is 0.672 bits per heavy atom. The highest BCUT2D eigenvalue weighted by molar-refractivity contribution is 6.18. The molecule has 0 fully saturated rings. The Kier molecular flexibility index (Phi) is 9.58. The maximum Gasteiger partial charge on any atom is 0.197 e. The van der Waals surface area contributed by atoms with Gasteiger partial charge in [0, 0.05) is 32.3 Å². The van der Waals surface area contributed by atoms with Crippen LogP contribution in [0.15, 0.2) is 215 Å². The molecule has 0 radical (unpaired) electrons. The summed E-state index contributed by atoms with van der Waals surface area (Å²) >= 11 is 0. The lowest BCUT2D eigenvalue weighted by Crippen LogP contribution is -2.19. The second-order valence-electron chi connectivity index (χ2n) is 17.2. The number of pyridine rings is 3. The molecule has 0 saturated carbocycles. The van der Waals surface area contributed by atoms with E-state index >= 15 is 14.4 Å². The van der Waals surface area contributed by atoms with Crippen molar-refractivity contribution in [2.45, 2.75) is 0 Å². The highest BCUT2D eigenvalue weighted by Gasteiger charge is 2.25. The molecule has 0 unspecified atom stereocenters. The Bertz CT molecular complexity index is 3550. The number of benzene rings is 9. The molecule has 12 aromatic rings. The third-order valence-corrected chi connectivity index (χ3v) is 13.0. The van der Waals surface area contributed by atoms with Crippen molar-refractivity contribution in [3.05, 3.63) is 264 Å². The Labute approximate surface area is 385 Å². The second kappa shape index (κ2) is 16.2. The monoisotopic (exact) mass is 857 g/mol. The first-order valence-corrected chi connectivity index (χ1v) is 22.4. The van der Waals surface area contributed by atoms with Gasteiger partial charge >= 0.3 is 0 Å². The molecule has 4 heteroatoms. The molecular formula is C63H39NO3. The number of rotatable bonds is 9. The minimum absolute atomic E-state index is 0.220. The van der Waals surface area contributed by atoms with Crippen molar-refractivity contribution in [2.24, 2.45) is 0 Å². The van der Waals surface area contributed by atoms with Crippen molar-refractivity contribution in [1.29, 1.82) is 0 Å². The van der Waals surface area contributed by atoms with Crippen LogP contribution in [-0.4, -0.2) is 4.40 Å². The fraction of sp³-hybridized carbons (Fsp3) is 0. The van der Waals surface area contributed by atoms with Gasteiger partial charge in [0.25, 0.3) is 0 Å². The lowest BCUT2D eigenvalue weighted by molar-refractivity contribution is 1.31. The molecule has 0 aliphatic rings. The van der Waals surface area contributed by atoms with Crippen LogP contribution in [0.1, 0.15) is 33.4 Å². The van der Waals surface area contributed by atoms with Crippen molar-refractivity contribution in [2.75, 3.05) is 0 Å². The molecule has 12 rings (SSSR count). The normalized spacial score (nSPS) is 12.2. The van der Waals surface area contributed by atoms with E-state index in [1.807, 2.05) is 168 Å². The zero-order chi connectivity index (χ0) is 45.0. The molecular weight excluding hydrogens is 819 g/mol. The van der Waals surface area contributed by atoms with E-state index in [0.29, 0.717) is 48.9 Å². The minimum atomic E-state index is -0.220. The van der Waals surface area contributed by atoms with Gasteiger partial charge in [-0.1, -0.05) is 200 Å². The van der Waals surface area contributed by atoms with Gasteiger partial charge < -0.3 is 4.40 Å². The predicted molar refractivity (Wildman–Crippen MR) is 282 cm³/mol. The summed E-state index contributed by atoms with van der Waals surface area (Å²) in [4.78, 5) is 45.2. The summed E-state index contributed by atoms with van der Waals surface area (Å²) in [5.41, 5.74) is 12.3. The van der Waals surface area contributed by atoms with Crippen molar-refractivity contribution < 1.29 is 0 Å². The first-order valence-electron chi connectivity index (χ1n) is 22.4. The maximum absolute atomic E-state index is 15.1. The van der Waals surface area contributed by atoms with Crippen LogP contribution >= 0.6 is 0 Å². The largest absolute Gasteiger partial charge is 0.306 e. The van der Waals surface area contributed by atoms with Crippen molar-refractivity contribution >= 4 is 85.3 Å². The van der Waals surface area contributed by atoms with Gasteiger partial charge in [-0.15, -0.1) is 0 Å². The van der Waals surface area contributed by atoms with E-state index in [4.69, 9.17) is 0 Å². The first-order chi connectivity index (χ1) is 32.9. The highest BCUT2D eigenvalue weighted by Crippen LogP contribution is 2.38. The van der Waals surface area contributed by atoms with Crippen molar-refractivity contribution in [1.82, 2.24) is 4.40 Å². The number of hydrogen-bond acceptors (Lipinski definition) is 3. The topological polar surface area (TPSA) is 55.6 Å². The Hall–Kier alpha value is -8.99. The fourth-order valence-corrected chi connectivity index (χ4v) is 9.57. The van der Waals surface area contributed by atoms with Gasteiger partial charge in [0.1, 0.15) is 0 Å². The van der Waals surface area contributed by atoms with Crippen LogP contribution in [0.5, 0.6) is 0 Å². The lowest BCUT2D eigenvalue weighted by atomic mass is 9.91. The van der Waals surface area contributed by atoms with Gasteiger partial charge in [0.15, 0.2) is 16.3 Å². The van der Waals surface area contributed by atoms with Crippen LogP contribution in [0, 0.1) is 0 Å². The fourth-order valence-electron chi connectivity index (χ4n) is 9.57. The molecule has 314 valence electrons. The van der Waals surface area contributed by atoms with Gasteiger partial charge in [0.05, 0.1) is 16.6 Å². The summed E-state index contributed by atoms with van der Waals surface area (Å²) in [5, 5.41) is 2.58. The van der Waals surface area contributed by atoms with Gasteiger partial charge in [-0.3, -0.25) is 14.4 Å². The smallest absolute Gasteiger partial charge is 0.197 e. The minimum Gasteiger partial charge on any atom is -0.306 e. The van der Waals surface area contributed by atoms with Crippen LogP contribution in [-0.2, 0) is 0 Å². The molecule has 0 aliphatic heterocycles. The van der Waals surface area contributed by atoms with Crippen LogP contribution in [0.25, 0.3) is 119 Å². The first kappa shape index (κ1) is 39.6. The Morgan fingerprint density at radius 1 is 0.239 bits per heavy atom. The summed E-state index contributed by atoms with van der Waals surface area (Å²) in [6.07, 6.45) is 12.4. The highest BCUT2D eigenvalue weighted by atomic mass is 16.1. The average Bonchev–Trinajstić information content (AvgIpc) is 3.39. The van der Waals surface area contributed by atoms with Crippen molar-refractivity contribution in [3.63, 3.8) is 0 Å². The molecule has 0 saturated heterocycles. The van der Waals surface area contributed by atoms with Crippen LogP contribution in [0.4, 0.5) is 0 Å². The third kappa shape index (κ3) is 7.09. The quantitative estimate of drug-likeness (QED) is 0.0825. The number of hydrogen-bond donors (Lipinski definition) is 0. The molecule has 3 aromatic heterocycles. The molecule has 3 heterocycles. The van der Waals surface area contributed by atoms with E-state index in [1.165, 1.54) is 0 Å².